The second kappa shape index (κ2) is 5.58. The molecule has 3 nitrogen and oxygen atoms in total. The number of carbonyl (C=O) groups is 1. The lowest BCUT2D eigenvalue weighted by Crippen LogP contribution is -2.22. The van der Waals surface area contributed by atoms with E-state index in [1.807, 2.05) is 4.90 Å². The van der Waals surface area contributed by atoms with Crippen molar-refractivity contribution >= 4 is 6.41 Å². The number of nitriles is 1. The van der Waals surface area contributed by atoms with Crippen molar-refractivity contribution in [3.8, 4) is 6.07 Å². The lowest BCUT2D eigenvalue weighted by Gasteiger charge is -2.13. The molecule has 0 spiro atoms. The van der Waals surface area contributed by atoms with Crippen LogP contribution in [-0.2, 0) is 4.79 Å². The highest BCUT2D eigenvalue weighted by Gasteiger charge is 2.15. The summed E-state index contributed by atoms with van der Waals surface area (Å²) in [7, 11) is 0. The van der Waals surface area contributed by atoms with Crippen LogP contribution in [0, 0.1) is 17.2 Å². The molecule has 0 bridgehead atoms. The van der Waals surface area contributed by atoms with Crippen molar-refractivity contribution in [2.45, 2.75) is 32.1 Å². The third-order valence-corrected chi connectivity index (χ3v) is 2.70. The Morgan fingerprint density at radius 2 is 2.31 bits per heavy atom. The molecule has 0 aromatic rings. The summed E-state index contributed by atoms with van der Waals surface area (Å²) in [5.41, 5.74) is 0. The Labute approximate surface area is 79.3 Å². The van der Waals surface area contributed by atoms with E-state index in [1.54, 1.807) is 0 Å². The predicted molar refractivity (Wildman–Crippen MR) is 49.8 cm³/mol. The van der Waals surface area contributed by atoms with E-state index in [1.165, 1.54) is 6.42 Å². The summed E-state index contributed by atoms with van der Waals surface area (Å²) in [5.74, 6) is 0.657. The Balaban J connectivity index is 2.28. The number of carbonyl (C=O) groups excluding carboxylic acids is 1. The first kappa shape index (κ1) is 10.0. The third kappa shape index (κ3) is 3.45. The van der Waals surface area contributed by atoms with Gasteiger partial charge in [-0.15, -0.1) is 0 Å². The molecular formula is C10H16N2O. The van der Waals surface area contributed by atoms with Gasteiger partial charge in [0.25, 0.3) is 0 Å². The topological polar surface area (TPSA) is 44.1 Å². The Morgan fingerprint density at radius 3 is 3.00 bits per heavy atom. The van der Waals surface area contributed by atoms with Gasteiger partial charge >= 0.3 is 0 Å². The second-order valence-electron chi connectivity index (χ2n) is 3.64. The summed E-state index contributed by atoms with van der Waals surface area (Å²) in [4.78, 5) is 12.3. The Kier molecular flexibility index (Phi) is 4.31. The molecule has 1 aliphatic rings. The minimum atomic E-state index is 0.657. The van der Waals surface area contributed by atoms with Gasteiger partial charge in [-0.05, 0) is 31.6 Å². The molecule has 0 aromatic carbocycles. The molecule has 1 unspecified atom stereocenters. The molecule has 0 saturated carbocycles. The molecule has 3 heteroatoms. The van der Waals surface area contributed by atoms with Crippen LogP contribution in [0.25, 0.3) is 0 Å². The number of hydrogen-bond donors (Lipinski definition) is 0. The normalized spacial score (nSPS) is 23.3. The van der Waals surface area contributed by atoms with E-state index in [0.717, 1.165) is 38.8 Å². The lowest BCUT2D eigenvalue weighted by molar-refractivity contribution is -0.118. The van der Waals surface area contributed by atoms with Crippen molar-refractivity contribution in [2.75, 3.05) is 13.1 Å². The van der Waals surface area contributed by atoms with E-state index in [0.29, 0.717) is 12.3 Å². The summed E-state index contributed by atoms with van der Waals surface area (Å²) in [6.07, 6.45) is 5.93. The molecule has 1 fully saturated rings. The molecular weight excluding hydrogens is 164 g/mol. The summed E-state index contributed by atoms with van der Waals surface area (Å²) >= 11 is 0. The van der Waals surface area contributed by atoms with E-state index in [4.69, 9.17) is 5.26 Å². The van der Waals surface area contributed by atoms with E-state index < -0.39 is 0 Å². The van der Waals surface area contributed by atoms with Gasteiger partial charge in [-0.3, -0.25) is 4.79 Å². The minimum absolute atomic E-state index is 0.657. The maximum absolute atomic E-state index is 10.5. The van der Waals surface area contributed by atoms with Crippen LogP contribution in [0.2, 0.25) is 0 Å². The molecule has 1 atom stereocenters. The standard InChI is InChI=1S/C10H16N2O/c11-6-1-3-10-4-2-7-12(9-13)8-5-10/h9-10H,1-5,7-8H2. The maximum atomic E-state index is 10.5. The van der Waals surface area contributed by atoms with Crippen LogP contribution in [0.5, 0.6) is 0 Å². The van der Waals surface area contributed by atoms with E-state index in [9.17, 15) is 4.79 Å². The van der Waals surface area contributed by atoms with Crippen LogP contribution >= 0.6 is 0 Å². The van der Waals surface area contributed by atoms with Gasteiger partial charge in [0.2, 0.25) is 6.41 Å². The maximum Gasteiger partial charge on any atom is 0.209 e. The zero-order valence-corrected chi connectivity index (χ0v) is 7.91. The smallest absolute Gasteiger partial charge is 0.209 e. The molecule has 0 N–H and O–H groups in total. The Bertz CT molecular complexity index is 198. The van der Waals surface area contributed by atoms with E-state index >= 15 is 0 Å². The van der Waals surface area contributed by atoms with Crippen LogP contribution in [-0.4, -0.2) is 24.4 Å². The third-order valence-electron chi connectivity index (χ3n) is 2.70. The predicted octanol–water partition coefficient (Wildman–Crippen LogP) is 1.55. The highest BCUT2D eigenvalue weighted by molar-refractivity contribution is 5.46. The first-order valence-electron chi connectivity index (χ1n) is 4.93. The highest BCUT2D eigenvalue weighted by atomic mass is 16.1. The van der Waals surface area contributed by atoms with Crippen molar-refractivity contribution in [3.63, 3.8) is 0 Å². The fourth-order valence-corrected chi connectivity index (χ4v) is 1.85. The van der Waals surface area contributed by atoms with Crippen molar-refractivity contribution < 1.29 is 4.79 Å². The summed E-state index contributed by atoms with van der Waals surface area (Å²) in [5, 5.41) is 8.45. The van der Waals surface area contributed by atoms with Gasteiger partial charge in [-0.1, -0.05) is 0 Å². The van der Waals surface area contributed by atoms with Crippen molar-refractivity contribution in [2.24, 2.45) is 5.92 Å². The average Bonchev–Trinajstić information content (AvgIpc) is 2.39. The molecule has 1 aliphatic heterocycles. The molecule has 72 valence electrons. The Morgan fingerprint density at radius 1 is 1.46 bits per heavy atom. The van der Waals surface area contributed by atoms with Crippen LogP contribution in [0.3, 0.4) is 0 Å². The molecule has 0 radical (unpaired) electrons. The van der Waals surface area contributed by atoms with Gasteiger partial charge in [0.15, 0.2) is 0 Å². The second-order valence-corrected chi connectivity index (χ2v) is 3.64. The van der Waals surface area contributed by atoms with E-state index in [2.05, 4.69) is 6.07 Å². The quantitative estimate of drug-likeness (QED) is 0.618. The van der Waals surface area contributed by atoms with Gasteiger partial charge in [0.05, 0.1) is 6.07 Å². The summed E-state index contributed by atoms with van der Waals surface area (Å²) < 4.78 is 0. The zero-order chi connectivity index (χ0) is 9.52. The van der Waals surface area contributed by atoms with Crippen LogP contribution in [0.4, 0.5) is 0 Å². The molecule has 1 saturated heterocycles. The first-order chi connectivity index (χ1) is 6.36. The van der Waals surface area contributed by atoms with Crippen LogP contribution < -0.4 is 0 Å². The number of rotatable bonds is 3. The summed E-state index contributed by atoms with van der Waals surface area (Å²) in [6, 6.07) is 2.18. The van der Waals surface area contributed by atoms with Crippen molar-refractivity contribution in [1.29, 1.82) is 5.26 Å². The Hall–Kier alpha value is -1.04. The average molecular weight is 180 g/mol. The minimum Gasteiger partial charge on any atom is -0.345 e. The molecule has 1 heterocycles. The van der Waals surface area contributed by atoms with Gasteiger partial charge in [0.1, 0.15) is 0 Å². The van der Waals surface area contributed by atoms with Crippen molar-refractivity contribution in [3.05, 3.63) is 0 Å². The van der Waals surface area contributed by atoms with Crippen molar-refractivity contribution in [1.82, 2.24) is 4.90 Å². The zero-order valence-electron chi connectivity index (χ0n) is 7.91. The van der Waals surface area contributed by atoms with Gasteiger partial charge in [0, 0.05) is 19.5 Å². The number of hydrogen-bond acceptors (Lipinski definition) is 2. The fraction of sp³-hybridized carbons (Fsp3) is 0.800. The first-order valence-corrected chi connectivity index (χ1v) is 4.93. The molecule has 13 heavy (non-hydrogen) atoms. The summed E-state index contributed by atoms with van der Waals surface area (Å²) in [6.45, 7) is 1.77. The number of amides is 1. The van der Waals surface area contributed by atoms with Crippen LogP contribution in [0.15, 0.2) is 0 Å². The number of likely N-dealkylation sites (tertiary alicyclic amines) is 1. The highest BCUT2D eigenvalue weighted by Crippen LogP contribution is 2.20. The molecule has 0 aliphatic carbocycles. The number of nitrogens with zero attached hydrogens (tertiary/aromatic N) is 2. The van der Waals surface area contributed by atoms with Gasteiger partial charge in [-0.2, -0.15) is 5.26 Å². The monoisotopic (exact) mass is 180 g/mol. The van der Waals surface area contributed by atoms with Gasteiger partial charge in [-0.25, -0.2) is 0 Å². The fourth-order valence-electron chi connectivity index (χ4n) is 1.85. The SMILES string of the molecule is N#CCCC1CCCN(C=O)CC1. The molecule has 0 aromatic heterocycles. The lowest BCUT2D eigenvalue weighted by atomic mass is 9.96. The molecule has 1 rings (SSSR count). The van der Waals surface area contributed by atoms with Crippen LogP contribution in [0.1, 0.15) is 32.1 Å². The van der Waals surface area contributed by atoms with Gasteiger partial charge < -0.3 is 4.90 Å². The van der Waals surface area contributed by atoms with E-state index in [-0.39, 0.29) is 0 Å². The largest absolute Gasteiger partial charge is 0.345 e. The molecule has 1 amide bonds.